The first kappa shape index (κ1) is 13.1. The number of benzene rings is 1. The zero-order valence-electron chi connectivity index (χ0n) is 10.3. The normalized spacial score (nSPS) is 18.1. The molecule has 0 radical (unpaired) electrons. The second-order valence-electron chi connectivity index (χ2n) is 4.90. The van der Waals surface area contributed by atoms with Crippen molar-refractivity contribution in [1.29, 1.82) is 0 Å². The number of nitrogen functional groups attached to an aromatic ring is 1. The zero-order valence-corrected chi connectivity index (χ0v) is 10.3. The monoisotopic (exact) mass is 258 g/mol. The predicted octanol–water partition coefficient (Wildman–Crippen LogP) is 3.36. The van der Waals surface area contributed by atoms with Crippen LogP contribution in [0.3, 0.4) is 0 Å². The van der Waals surface area contributed by atoms with Gasteiger partial charge in [-0.15, -0.1) is 0 Å². The lowest BCUT2D eigenvalue weighted by Gasteiger charge is -2.34. The number of hydrogen-bond donors (Lipinski definition) is 1. The van der Waals surface area contributed by atoms with E-state index in [2.05, 4.69) is 0 Å². The van der Waals surface area contributed by atoms with Crippen LogP contribution < -0.4 is 10.6 Å². The van der Waals surface area contributed by atoms with Crippen LogP contribution in [0.15, 0.2) is 18.2 Å². The summed E-state index contributed by atoms with van der Waals surface area (Å²) < 4.78 is 37.7. The lowest BCUT2D eigenvalue weighted by Crippen LogP contribution is -2.39. The van der Waals surface area contributed by atoms with Crippen LogP contribution in [0.1, 0.15) is 18.4 Å². The van der Waals surface area contributed by atoms with E-state index in [4.69, 9.17) is 5.73 Å². The third-order valence-electron chi connectivity index (χ3n) is 3.41. The number of hydrogen-bond acceptors (Lipinski definition) is 2. The van der Waals surface area contributed by atoms with Crippen LogP contribution in [0.2, 0.25) is 0 Å². The van der Waals surface area contributed by atoms with Crippen molar-refractivity contribution in [3.63, 3.8) is 0 Å². The van der Waals surface area contributed by atoms with Gasteiger partial charge in [0, 0.05) is 24.5 Å². The van der Waals surface area contributed by atoms with E-state index in [0.717, 1.165) is 11.3 Å². The Morgan fingerprint density at radius 2 is 1.78 bits per heavy atom. The highest BCUT2D eigenvalue weighted by atomic mass is 19.4. The van der Waals surface area contributed by atoms with E-state index in [1.165, 1.54) is 0 Å². The molecule has 100 valence electrons. The van der Waals surface area contributed by atoms with Crippen LogP contribution in [0.5, 0.6) is 0 Å². The maximum absolute atomic E-state index is 12.6. The first-order valence-corrected chi connectivity index (χ1v) is 6.05. The topological polar surface area (TPSA) is 29.3 Å². The quantitative estimate of drug-likeness (QED) is 0.783. The van der Waals surface area contributed by atoms with Crippen LogP contribution >= 0.6 is 0 Å². The van der Waals surface area contributed by atoms with Crippen molar-refractivity contribution in [3.8, 4) is 0 Å². The third-order valence-corrected chi connectivity index (χ3v) is 3.41. The van der Waals surface area contributed by atoms with Gasteiger partial charge in [-0.1, -0.05) is 0 Å². The third kappa shape index (κ3) is 2.89. The highest BCUT2D eigenvalue weighted by Gasteiger charge is 2.41. The Kier molecular flexibility index (Phi) is 3.41. The molecule has 5 heteroatoms. The fourth-order valence-electron chi connectivity index (χ4n) is 2.44. The summed E-state index contributed by atoms with van der Waals surface area (Å²) in [6.45, 7) is 2.81. The summed E-state index contributed by atoms with van der Waals surface area (Å²) in [7, 11) is 0. The van der Waals surface area contributed by atoms with Crippen molar-refractivity contribution in [2.24, 2.45) is 5.92 Å². The van der Waals surface area contributed by atoms with Crippen molar-refractivity contribution in [2.45, 2.75) is 25.9 Å². The Hall–Kier alpha value is -1.39. The van der Waals surface area contributed by atoms with E-state index in [0.29, 0.717) is 18.8 Å². The summed E-state index contributed by atoms with van der Waals surface area (Å²) in [6, 6.07) is 5.64. The summed E-state index contributed by atoms with van der Waals surface area (Å²) in [4.78, 5) is 1.98. The molecule has 1 aromatic rings. The highest BCUT2D eigenvalue weighted by molar-refractivity contribution is 5.58. The molecule has 0 atom stereocenters. The minimum Gasteiger partial charge on any atom is -0.399 e. The molecule has 1 aliphatic rings. The largest absolute Gasteiger partial charge is 0.399 e. The van der Waals surface area contributed by atoms with Gasteiger partial charge in [0.15, 0.2) is 0 Å². The van der Waals surface area contributed by atoms with Crippen molar-refractivity contribution < 1.29 is 13.2 Å². The van der Waals surface area contributed by atoms with Gasteiger partial charge in [0.25, 0.3) is 0 Å². The van der Waals surface area contributed by atoms with E-state index in [9.17, 15) is 13.2 Å². The predicted molar refractivity (Wildman–Crippen MR) is 66.6 cm³/mol. The minimum absolute atomic E-state index is 0.164. The van der Waals surface area contributed by atoms with E-state index in [-0.39, 0.29) is 12.8 Å². The van der Waals surface area contributed by atoms with Gasteiger partial charge >= 0.3 is 6.18 Å². The second-order valence-corrected chi connectivity index (χ2v) is 4.90. The summed E-state index contributed by atoms with van der Waals surface area (Å²) in [5.41, 5.74) is 8.37. The molecule has 0 spiro atoms. The fourth-order valence-corrected chi connectivity index (χ4v) is 2.44. The molecular weight excluding hydrogens is 241 g/mol. The summed E-state index contributed by atoms with van der Waals surface area (Å²) in [5, 5.41) is 0. The van der Waals surface area contributed by atoms with Gasteiger partial charge in [-0.25, -0.2) is 0 Å². The number of halogens is 3. The smallest absolute Gasteiger partial charge is 0.391 e. The molecule has 0 aliphatic carbocycles. The Morgan fingerprint density at radius 3 is 2.28 bits per heavy atom. The van der Waals surface area contributed by atoms with Gasteiger partial charge in [-0.2, -0.15) is 13.2 Å². The van der Waals surface area contributed by atoms with Gasteiger partial charge in [0.2, 0.25) is 0 Å². The maximum Gasteiger partial charge on any atom is 0.391 e. The van der Waals surface area contributed by atoms with Gasteiger partial charge in [-0.3, -0.25) is 0 Å². The number of aryl methyl sites for hydroxylation is 1. The average molecular weight is 258 g/mol. The fraction of sp³-hybridized carbons (Fsp3) is 0.538. The molecule has 2 nitrogen and oxygen atoms in total. The molecule has 0 aromatic heterocycles. The number of rotatable bonds is 1. The number of nitrogens with two attached hydrogens (primary N) is 1. The lowest BCUT2D eigenvalue weighted by atomic mass is 9.96. The van der Waals surface area contributed by atoms with Crippen LogP contribution in [-0.2, 0) is 0 Å². The SMILES string of the molecule is Cc1cc(N)cc(N2CCC(C(F)(F)F)CC2)c1. The number of anilines is 2. The molecule has 18 heavy (non-hydrogen) atoms. The highest BCUT2D eigenvalue weighted by Crippen LogP contribution is 2.35. The standard InChI is InChI=1S/C13H17F3N2/c1-9-6-11(17)8-12(7-9)18-4-2-10(3-5-18)13(14,15)16/h6-8,10H,2-5,17H2,1H3. The Balaban J connectivity index is 2.05. The zero-order chi connectivity index (χ0) is 13.3. The van der Waals surface area contributed by atoms with Gasteiger partial charge in [-0.05, 0) is 43.5 Å². The molecule has 0 unspecified atom stereocenters. The van der Waals surface area contributed by atoms with Crippen LogP contribution in [0, 0.1) is 12.8 Å². The number of alkyl halides is 3. The Labute approximate surface area is 105 Å². The van der Waals surface area contributed by atoms with Crippen LogP contribution in [0.25, 0.3) is 0 Å². The van der Waals surface area contributed by atoms with E-state index < -0.39 is 12.1 Å². The average Bonchev–Trinajstić information content (AvgIpc) is 2.27. The molecule has 1 fully saturated rings. The van der Waals surface area contributed by atoms with Gasteiger partial charge in [0.1, 0.15) is 0 Å². The van der Waals surface area contributed by atoms with Crippen molar-refractivity contribution >= 4 is 11.4 Å². The van der Waals surface area contributed by atoms with Crippen molar-refractivity contribution in [2.75, 3.05) is 23.7 Å². The maximum atomic E-state index is 12.6. The first-order chi connectivity index (χ1) is 8.36. The summed E-state index contributed by atoms with van der Waals surface area (Å²) >= 11 is 0. The minimum atomic E-state index is -4.06. The Bertz CT molecular complexity index is 400. The molecule has 1 aromatic carbocycles. The molecule has 1 saturated heterocycles. The molecule has 1 heterocycles. The molecule has 0 amide bonds. The molecule has 2 rings (SSSR count). The summed E-state index contributed by atoms with van der Waals surface area (Å²) in [5.74, 6) is -1.16. The van der Waals surface area contributed by atoms with Gasteiger partial charge in [0.05, 0.1) is 5.92 Å². The van der Waals surface area contributed by atoms with Crippen LogP contribution in [-0.4, -0.2) is 19.3 Å². The first-order valence-electron chi connectivity index (χ1n) is 6.05. The van der Waals surface area contributed by atoms with E-state index in [1.54, 1.807) is 0 Å². The second kappa shape index (κ2) is 4.71. The molecule has 0 saturated carbocycles. The Morgan fingerprint density at radius 1 is 1.17 bits per heavy atom. The summed E-state index contributed by atoms with van der Waals surface area (Å²) in [6.07, 6.45) is -3.73. The van der Waals surface area contributed by atoms with Crippen molar-refractivity contribution in [1.82, 2.24) is 0 Å². The number of nitrogens with zero attached hydrogens (tertiary/aromatic N) is 1. The molecular formula is C13H17F3N2. The van der Waals surface area contributed by atoms with Gasteiger partial charge < -0.3 is 10.6 Å². The number of piperidine rings is 1. The lowest BCUT2D eigenvalue weighted by molar-refractivity contribution is -0.179. The van der Waals surface area contributed by atoms with E-state index >= 15 is 0 Å². The molecule has 0 bridgehead atoms. The molecule has 1 aliphatic heterocycles. The van der Waals surface area contributed by atoms with Crippen molar-refractivity contribution in [3.05, 3.63) is 23.8 Å². The van der Waals surface area contributed by atoms with E-state index in [1.807, 2.05) is 30.0 Å². The van der Waals surface area contributed by atoms with Crippen LogP contribution in [0.4, 0.5) is 24.5 Å². The molecule has 2 N–H and O–H groups in total.